The van der Waals surface area contributed by atoms with Crippen LogP contribution >= 0.6 is 0 Å². The molecule has 2 N–H and O–H groups in total. The first-order chi connectivity index (χ1) is 6.45. The van der Waals surface area contributed by atoms with Crippen molar-refractivity contribution in [3.63, 3.8) is 0 Å². The molecule has 1 aliphatic rings. The Hall–Kier alpha value is -0.330. The van der Waals surface area contributed by atoms with Crippen LogP contribution in [0.25, 0.3) is 0 Å². The Kier molecular flexibility index (Phi) is 3.39. The number of likely N-dealkylation sites (tertiary alicyclic amines) is 1. The summed E-state index contributed by atoms with van der Waals surface area (Å²) in [6.07, 6.45) is -4.28. The molecule has 0 saturated carbocycles. The fraction of sp³-hybridized carbons (Fsp3) is 1.00. The van der Waals surface area contributed by atoms with E-state index in [4.69, 9.17) is 10.5 Å². The van der Waals surface area contributed by atoms with Crippen molar-refractivity contribution < 1.29 is 17.9 Å². The SMILES string of the molecule is CCOC1(C(F)(F)F)CN(CCN)C1. The highest BCUT2D eigenvalue weighted by Crippen LogP contribution is 2.40. The summed E-state index contributed by atoms with van der Waals surface area (Å²) in [6.45, 7) is 2.32. The van der Waals surface area contributed by atoms with Crippen molar-refractivity contribution in [2.75, 3.05) is 32.8 Å². The first-order valence-corrected chi connectivity index (χ1v) is 4.58. The second kappa shape index (κ2) is 4.04. The molecule has 0 aromatic rings. The third kappa shape index (κ3) is 2.02. The van der Waals surface area contributed by atoms with E-state index in [2.05, 4.69) is 0 Å². The maximum Gasteiger partial charge on any atom is 0.419 e. The van der Waals surface area contributed by atoms with Crippen LogP contribution in [-0.4, -0.2) is 49.5 Å². The van der Waals surface area contributed by atoms with Crippen molar-refractivity contribution in [1.82, 2.24) is 4.90 Å². The van der Waals surface area contributed by atoms with Crippen LogP contribution in [0.1, 0.15) is 6.92 Å². The minimum atomic E-state index is -4.28. The first kappa shape index (κ1) is 11.7. The highest BCUT2D eigenvalue weighted by atomic mass is 19.4. The zero-order chi connectivity index (χ0) is 10.8. The van der Waals surface area contributed by atoms with E-state index in [0.29, 0.717) is 13.1 Å². The third-order valence-corrected chi connectivity index (χ3v) is 2.34. The fourth-order valence-corrected chi connectivity index (χ4v) is 1.65. The molecule has 3 nitrogen and oxygen atoms in total. The Bertz CT molecular complexity index is 190. The number of alkyl halides is 3. The Morgan fingerprint density at radius 3 is 2.36 bits per heavy atom. The largest absolute Gasteiger partial charge is 0.419 e. The van der Waals surface area contributed by atoms with Crippen molar-refractivity contribution in [2.24, 2.45) is 5.73 Å². The van der Waals surface area contributed by atoms with E-state index in [9.17, 15) is 13.2 Å². The monoisotopic (exact) mass is 212 g/mol. The summed E-state index contributed by atoms with van der Waals surface area (Å²) >= 11 is 0. The molecule has 84 valence electrons. The molecule has 0 radical (unpaired) electrons. The van der Waals surface area contributed by atoms with E-state index in [1.165, 1.54) is 0 Å². The summed E-state index contributed by atoms with van der Waals surface area (Å²) in [5, 5.41) is 0. The summed E-state index contributed by atoms with van der Waals surface area (Å²) in [5.74, 6) is 0. The zero-order valence-corrected chi connectivity index (χ0v) is 8.10. The lowest BCUT2D eigenvalue weighted by Gasteiger charge is -2.49. The van der Waals surface area contributed by atoms with Crippen molar-refractivity contribution in [1.29, 1.82) is 0 Å². The van der Waals surface area contributed by atoms with Gasteiger partial charge in [-0.05, 0) is 6.92 Å². The van der Waals surface area contributed by atoms with Gasteiger partial charge in [0, 0.05) is 32.8 Å². The van der Waals surface area contributed by atoms with Gasteiger partial charge in [0.25, 0.3) is 0 Å². The average molecular weight is 212 g/mol. The van der Waals surface area contributed by atoms with Crippen LogP contribution in [-0.2, 0) is 4.74 Å². The number of hydrogen-bond donors (Lipinski definition) is 1. The van der Waals surface area contributed by atoms with Gasteiger partial charge < -0.3 is 10.5 Å². The van der Waals surface area contributed by atoms with Crippen molar-refractivity contribution in [2.45, 2.75) is 18.7 Å². The number of hydrogen-bond acceptors (Lipinski definition) is 3. The molecule has 0 atom stereocenters. The van der Waals surface area contributed by atoms with E-state index in [0.717, 1.165) is 0 Å². The van der Waals surface area contributed by atoms with E-state index in [1.54, 1.807) is 11.8 Å². The van der Waals surface area contributed by atoms with Gasteiger partial charge in [0.05, 0.1) is 0 Å². The lowest BCUT2D eigenvalue weighted by Crippen LogP contribution is -2.70. The molecule has 1 fully saturated rings. The van der Waals surface area contributed by atoms with Gasteiger partial charge in [0.1, 0.15) is 0 Å². The summed E-state index contributed by atoms with van der Waals surface area (Å²) in [4.78, 5) is 1.64. The normalized spacial score (nSPS) is 22.1. The Morgan fingerprint density at radius 2 is 2.00 bits per heavy atom. The third-order valence-electron chi connectivity index (χ3n) is 2.34. The number of ether oxygens (including phenoxy) is 1. The molecule has 0 aromatic heterocycles. The lowest BCUT2D eigenvalue weighted by atomic mass is 9.93. The molecule has 0 aliphatic carbocycles. The minimum Gasteiger partial charge on any atom is -0.363 e. The van der Waals surface area contributed by atoms with Crippen LogP contribution in [0.3, 0.4) is 0 Å². The highest BCUT2D eigenvalue weighted by molar-refractivity contribution is 5.02. The number of nitrogens with two attached hydrogens (primary N) is 1. The van der Waals surface area contributed by atoms with Gasteiger partial charge in [0.2, 0.25) is 0 Å². The number of rotatable bonds is 4. The van der Waals surface area contributed by atoms with Gasteiger partial charge in [-0.3, -0.25) is 4.90 Å². The van der Waals surface area contributed by atoms with Gasteiger partial charge >= 0.3 is 6.18 Å². The molecule has 1 heterocycles. The maximum atomic E-state index is 12.6. The van der Waals surface area contributed by atoms with E-state index in [-0.39, 0.29) is 19.7 Å². The molecule has 0 spiro atoms. The van der Waals surface area contributed by atoms with E-state index >= 15 is 0 Å². The standard InChI is InChI=1S/C8H15F3N2O/c1-2-14-7(8(9,10)11)5-13(6-7)4-3-12/h2-6,12H2,1H3. The predicted octanol–water partition coefficient (Wildman–Crippen LogP) is 0.598. The second-order valence-electron chi connectivity index (χ2n) is 3.42. The zero-order valence-electron chi connectivity index (χ0n) is 8.10. The minimum absolute atomic E-state index is 0.0793. The maximum absolute atomic E-state index is 12.6. The Balaban J connectivity index is 2.53. The van der Waals surface area contributed by atoms with Crippen molar-refractivity contribution in [3.05, 3.63) is 0 Å². The number of nitrogens with zero attached hydrogens (tertiary/aromatic N) is 1. The molecule has 0 aromatic carbocycles. The Labute approximate surface area is 81.0 Å². The summed E-state index contributed by atoms with van der Waals surface area (Å²) in [7, 11) is 0. The molecule has 0 unspecified atom stereocenters. The molecule has 0 amide bonds. The predicted molar refractivity (Wildman–Crippen MR) is 45.9 cm³/mol. The van der Waals surface area contributed by atoms with Gasteiger partial charge in [0.15, 0.2) is 5.60 Å². The average Bonchev–Trinajstić information content (AvgIpc) is 1.98. The fourth-order valence-electron chi connectivity index (χ4n) is 1.65. The molecule has 1 aliphatic heterocycles. The van der Waals surface area contributed by atoms with E-state index in [1.807, 2.05) is 0 Å². The van der Waals surface area contributed by atoms with Crippen LogP contribution in [0, 0.1) is 0 Å². The smallest absolute Gasteiger partial charge is 0.363 e. The topological polar surface area (TPSA) is 38.5 Å². The van der Waals surface area contributed by atoms with Gasteiger partial charge in [-0.15, -0.1) is 0 Å². The van der Waals surface area contributed by atoms with Gasteiger partial charge in [-0.2, -0.15) is 13.2 Å². The molecule has 0 bridgehead atoms. The highest BCUT2D eigenvalue weighted by Gasteiger charge is 2.62. The van der Waals surface area contributed by atoms with Gasteiger partial charge in [-0.1, -0.05) is 0 Å². The van der Waals surface area contributed by atoms with Crippen LogP contribution in [0.5, 0.6) is 0 Å². The molecular formula is C8H15F3N2O. The van der Waals surface area contributed by atoms with Crippen LogP contribution in [0.2, 0.25) is 0 Å². The number of halogens is 3. The first-order valence-electron chi connectivity index (χ1n) is 4.58. The molecule has 14 heavy (non-hydrogen) atoms. The summed E-state index contributed by atoms with van der Waals surface area (Å²) in [5.41, 5.74) is 3.30. The second-order valence-corrected chi connectivity index (χ2v) is 3.42. The van der Waals surface area contributed by atoms with Gasteiger partial charge in [-0.25, -0.2) is 0 Å². The van der Waals surface area contributed by atoms with Crippen molar-refractivity contribution in [3.8, 4) is 0 Å². The van der Waals surface area contributed by atoms with Crippen molar-refractivity contribution >= 4 is 0 Å². The molecule has 1 rings (SSSR count). The van der Waals surface area contributed by atoms with Crippen LogP contribution in [0.4, 0.5) is 13.2 Å². The summed E-state index contributed by atoms with van der Waals surface area (Å²) in [6, 6.07) is 0. The molecule has 6 heteroatoms. The van der Waals surface area contributed by atoms with E-state index < -0.39 is 11.8 Å². The van der Waals surface area contributed by atoms with Crippen LogP contribution in [0.15, 0.2) is 0 Å². The summed E-state index contributed by atoms with van der Waals surface area (Å²) < 4.78 is 42.5. The van der Waals surface area contributed by atoms with Crippen LogP contribution < -0.4 is 5.73 Å². The Morgan fingerprint density at radius 1 is 1.43 bits per heavy atom. The lowest BCUT2D eigenvalue weighted by molar-refractivity contribution is -0.317. The molecular weight excluding hydrogens is 197 g/mol. The quantitative estimate of drug-likeness (QED) is 0.741. The molecule has 1 saturated heterocycles.